The van der Waals surface area contributed by atoms with Gasteiger partial charge in [-0.25, -0.2) is 0 Å². The number of rotatable bonds is 6. The Bertz CT molecular complexity index is 167. The summed E-state index contributed by atoms with van der Waals surface area (Å²) in [7, 11) is 0. The van der Waals surface area contributed by atoms with E-state index in [0.29, 0.717) is 19.1 Å². The highest BCUT2D eigenvalue weighted by molar-refractivity contribution is 5.77. The molecule has 1 rings (SSSR count). The molecule has 4 nitrogen and oxygen atoms in total. The first-order chi connectivity index (χ1) is 6.83. The van der Waals surface area contributed by atoms with E-state index in [4.69, 9.17) is 9.84 Å². The molecule has 2 N–H and O–H groups in total. The molecule has 0 saturated heterocycles. The van der Waals surface area contributed by atoms with Crippen LogP contribution in [0.5, 0.6) is 0 Å². The van der Waals surface area contributed by atoms with E-state index in [-0.39, 0.29) is 19.1 Å². The Labute approximate surface area is 84.6 Å². The molecular formula is C10H19NO3. The predicted octanol–water partition coefficient (Wildman–Crippen LogP) is 0.444. The third-order valence-electron chi connectivity index (χ3n) is 2.41. The van der Waals surface area contributed by atoms with Gasteiger partial charge in [-0.1, -0.05) is 12.8 Å². The summed E-state index contributed by atoms with van der Waals surface area (Å²) >= 11 is 0. The van der Waals surface area contributed by atoms with Gasteiger partial charge in [0, 0.05) is 13.2 Å². The van der Waals surface area contributed by atoms with E-state index in [0.717, 1.165) is 12.8 Å². The van der Waals surface area contributed by atoms with Crippen LogP contribution in [0.2, 0.25) is 0 Å². The third-order valence-corrected chi connectivity index (χ3v) is 2.41. The van der Waals surface area contributed by atoms with Gasteiger partial charge in [-0.3, -0.25) is 4.79 Å². The van der Waals surface area contributed by atoms with Crippen LogP contribution < -0.4 is 5.32 Å². The molecule has 0 radical (unpaired) electrons. The van der Waals surface area contributed by atoms with Gasteiger partial charge in [0.2, 0.25) is 5.91 Å². The molecule has 0 aromatic heterocycles. The van der Waals surface area contributed by atoms with Gasteiger partial charge in [-0.15, -0.1) is 0 Å². The number of carbonyl (C=O) groups excluding carboxylic acids is 1. The van der Waals surface area contributed by atoms with Crippen LogP contribution in [-0.2, 0) is 9.53 Å². The van der Waals surface area contributed by atoms with Crippen molar-refractivity contribution in [2.24, 2.45) is 0 Å². The quantitative estimate of drug-likeness (QED) is 0.613. The number of ether oxygens (including phenoxy) is 1. The maximum absolute atomic E-state index is 11.2. The van der Waals surface area contributed by atoms with Crippen LogP contribution in [-0.4, -0.2) is 36.9 Å². The van der Waals surface area contributed by atoms with Crippen molar-refractivity contribution in [3.05, 3.63) is 0 Å². The fourth-order valence-electron chi connectivity index (χ4n) is 1.61. The molecule has 0 aromatic carbocycles. The smallest absolute Gasteiger partial charge is 0.246 e. The fraction of sp³-hybridized carbons (Fsp3) is 0.900. The highest BCUT2D eigenvalue weighted by atomic mass is 16.5. The zero-order valence-corrected chi connectivity index (χ0v) is 8.50. The molecule has 0 bridgehead atoms. The Hall–Kier alpha value is -0.610. The van der Waals surface area contributed by atoms with E-state index in [1.165, 1.54) is 12.8 Å². The van der Waals surface area contributed by atoms with E-state index < -0.39 is 0 Å². The zero-order chi connectivity index (χ0) is 10.2. The van der Waals surface area contributed by atoms with Crippen molar-refractivity contribution >= 4 is 5.91 Å². The van der Waals surface area contributed by atoms with Crippen LogP contribution in [0.25, 0.3) is 0 Å². The predicted molar refractivity (Wildman–Crippen MR) is 52.9 cm³/mol. The van der Waals surface area contributed by atoms with Crippen LogP contribution in [0, 0.1) is 0 Å². The molecule has 0 atom stereocenters. The number of aliphatic hydroxyl groups excluding tert-OH is 1. The molecule has 1 amide bonds. The molecule has 1 saturated carbocycles. The first-order valence-electron chi connectivity index (χ1n) is 5.32. The number of hydrogen-bond donors (Lipinski definition) is 2. The maximum atomic E-state index is 11.2. The number of carbonyl (C=O) groups is 1. The van der Waals surface area contributed by atoms with Crippen molar-refractivity contribution < 1.29 is 14.6 Å². The molecule has 0 heterocycles. The lowest BCUT2D eigenvalue weighted by Gasteiger charge is -2.10. The van der Waals surface area contributed by atoms with Crippen LogP contribution in [0.1, 0.15) is 32.1 Å². The summed E-state index contributed by atoms with van der Waals surface area (Å²) in [6, 6.07) is 0. The fourth-order valence-corrected chi connectivity index (χ4v) is 1.61. The van der Waals surface area contributed by atoms with E-state index in [9.17, 15) is 4.79 Å². The van der Waals surface area contributed by atoms with E-state index >= 15 is 0 Å². The average Bonchev–Trinajstić information content (AvgIpc) is 2.68. The second-order valence-corrected chi connectivity index (χ2v) is 3.64. The first kappa shape index (κ1) is 11.5. The Morgan fingerprint density at radius 3 is 2.79 bits per heavy atom. The van der Waals surface area contributed by atoms with Crippen LogP contribution in [0.3, 0.4) is 0 Å². The third kappa shape index (κ3) is 4.58. The van der Waals surface area contributed by atoms with E-state index in [1.807, 2.05) is 0 Å². The average molecular weight is 201 g/mol. The molecule has 1 aliphatic carbocycles. The van der Waals surface area contributed by atoms with Gasteiger partial charge < -0.3 is 15.2 Å². The van der Waals surface area contributed by atoms with E-state index in [1.54, 1.807) is 0 Å². The van der Waals surface area contributed by atoms with Gasteiger partial charge in [0.25, 0.3) is 0 Å². The van der Waals surface area contributed by atoms with Crippen LogP contribution in [0.15, 0.2) is 0 Å². The molecule has 1 aliphatic rings. The maximum Gasteiger partial charge on any atom is 0.246 e. The summed E-state index contributed by atoms with van der Waals surface area (Å²) in [5, 5.41) is 11.2. The summed E-state index contributed by atoms with van der Waals surface area (Å²) in [5.41, 5.74) is 0. The SMILES string of the molecule is O=C(COC1CCCC1)NCCCO. The molecule has 0 unspecified atom stereocenters. The zero-order valence-electron chi connectivity index (χ0n) is 8.50. The van der Waals surface area contributed by atoms with Gasteiger partial charge in [-0.2, -0.15) is 0 Å². The van der Waals surface area contributed by atoms with Crippen LogP contribution >= 0.6 is 0 Å². The van der Waals surface area contributed by atoms with Crippen molar-refractivity contribution in [2.75, 3.05) is 19.8 Å². The van der Waals surface area contributed by atoms with Crippen molar-refractivity contribution in [1.82, 2.24) is 5.32 Å². The lowest BCUT2D eigenvalue weighted by molar-refractivity contribution is -0.127. The highest BCUT2D eigenvalue weighted by Gasteiger charge is 2.16. The summed E-state index contributed by atoms with van der Waals surface area (Å²) in [6.07, 6.45) is 5.51. The molecular weight excluding hydrogens is 182 g/mol. The standard InChI is InChI=1S/C10H19NO3/c12-7-3-6-11-10(13)8-14-9-4-1-2-5-9/h9,12H,1-8H2,(H,11,13). The second-order valence-electron chi connectivity index (χ2n) is 3.64. The molecule has 0 spiro atoms. The summed E-state index contributed by atoms with van der Waals surface area (Å²) in [6.45, 7) is 0.809. The molecule has 4 heteroatoms. The van der Waals surface area contributed by atoms with Gasteiger partial charge in [0.15, 0.2) is 0 Å². The van der Waals surface area contributed by atoms with E-state index in [2.05, 4.69) is 5.32 Å². The van der Waals surface area contributed by atoms with Gasteiger partial charge >= 0.3 is 0 Å². The van der Waals surface area contributed by atoms with Crippen molar-refractivity contribution in [1.29, 1.82) is 0 Å². The minimum absolute atomic E-state index is 0.0784. The van der Waals surface area contributed by atoms with Crippen LogP contribution in [0.4, 0.5) is 0 Å². The lowest BCUT2D eigenvalue weighted by atomic mass is 10.3. The molecule has 82 valence electrons. The Kier molecular flexibility index (Phi) is 5.56. The van der Waals surface area contributed by atoms with Gasteiger partial charge in [-0.05, 0) is 19.3 Å². The van der Waals surface area contributed by atoms with Gasteiger partial charge in [0.05, 0.1) is 6.10 Å². The largest absolute Gasteiger partial charge is 0.396 e. The summed E-state index contributed by atoms with van der Waals surface area (Å²) < 4.78 is 5.42. The topological polar surface area (TPSA) is 58.6 Å². The Morgan fingerprint density at radius 1 is 1.43 bits per heavy atom. The van der Waals surface area contributed by atoms with Crippen molar-refractivity contribution in [3.63, 3.8) is 0 Å². The molecule has 14 heavy (non-hydrogen) atoms. The number of hydrogen-bond acceptors (Lipinski definition) is 3. The number of aliphatic hydroxyl groups is 1. The minimum atomic E-state index is -0.0784. The Morgan fingerprint density at radius 2 is 2.14 bits per heavy atom. The summed E-state index contributed by atoms with van der Waals surface area (Å²) in [5.74, 6) is -0.0784. The highest BCUT2D eigenvalue weighted by Crippen LogP contribution is 2.20. The van der Waals surface area contributed by atoms with Crippen molar-refractivity contribution in [2.45, 2.75) is 38.2 Å². The monoisotopic (exact) mass is 201 g/mol. The number of amides is 1. The Balaban J connectivity index is 1.96. The minimum Gasteiger partial charge on any atom is -0.396 e. The number of nitrogens with one attached hydrogen (secondary N) is 1. The molecule has 1 fully saturated rings. The summed E-state index contributed by atoms with van der Waals surface area (Å²) in [4.78, 5) is 11.2. The molecule has 0 aliphatic heterocycles. The van der Waals surface area contributed by atoms with Gasteiger partial charge in [0.1, 0.15) is 6.61 Å². The second kappa shape index (κ2) is 6.79. The normalized spacial score (nSPS) is 17.2. The molecule has 0 aromatic rings. The first-order valence-corrected chi connectivity index (χ1v) is 5.32. The van der Waals surface area contributed by atoms with Crippen molar-refractivity contribution in [3.8, 4) is 0 Å². The lowest BCUT2D eigenvalue weighted by Crippen LogP contribution is -2.30.